The third-order valence-electron chi connectivity index (χ3n) is 3.96. The smallest absolute Gasteiger partial charge is 0.319 e. The minimum Gasteiger partial charge on any atom is -0.480 e. The SMILES string of the molecule is NN(CCN1CCN(CC(=O)O)CCN(CC(=O)O)CC1)CC(=O)O. The summed E-state index contributed by atoms with van der Waals surface area (Å²) in [5.74, 6) is 2.77. The normalized spacial score (nSPS) is 18.5. The minimum atomic E-state index is -1.01. The first-order valence-electron chi connectivity index (χ1n) is 8.08. The Morgan fingerprint density at radius 1 is 0.760 bits per heavy atom. The van der Waals surface area contributed by atoms with Crippen molar-refractivity contribution in [3.63, 3.8) is 0 Å². The van der Waals surface area contributed by atoms with E-state index < -0.39 is 17.9 Å². The van der Waals surface area contributed by atoms with Crippen LogP contribution >= 0.6 is 0 Å². The maximum atomic E-state index is 11.0. The van der Waals surface area contributed by atoms with Crippen LogP contribution in [0.15, 0.2) is 0 Å². The largest absolute Gasteiger partial charge is 0.480 e. The third-order valence-corrected chi connectivity index (χ3v) is 3.96. The van der Waals surface area contributed by atoms with Crippen molar-refractivity contribution in [2.75, 3.05) is 72.0 Å². The van der Waals surface area contributed by atoms with E-state index in [0.717, 1.165) is 0 Å². The molecule has 1 heterocycles. The number of carboxylic acids is 3. The average molecular weight is 361 g/mol. The van der Waals surface area contributed by atoms with Gasteiger partial charge in [-0.15, -0.1) is 0 Å². The number of hydrogen-bond acceptors (Lipinski definition) is 8. The Bertz CT molecular complexity index is 435. The van der Waals surface area contributed by atoms with Crippen molar-refractivity contribution in [1.29, 1.82) is 0 Å². The lowest BCUT2D eigenvalue weighted by molar-refractivity contribution is -0.140. The number of nitrogens with two attached hydrogens (primary N) is 1. The van der Waals surface area contributed by atoms with Crippen molar-refractivity contribution in [2.24, 2.45) is 5.84 Å². The van der Waals surface area contributed by atoms with Crippen LogP contribution in [0.2, 0.25) is 0 Å². The number of aliphatic carboxylic acids is 3. The van der Waals surface area contributed by atoms with Gasteiger partial charge < -0.3 is 15.3 Å². The van der Waals surface area contributed by atoms with Crippen LogP contribution in [-0.4, -0.2) is 125 Å². The molecule has 0 saturated carbocycles. The van der Waals surface area contributed by atoms with Gasteiger partial charge in [-0.2, -0.15) is 0 Å². The van der Waals surface area contributed by atoms with Crippen molar-refractivity contribution < 1.29 is 29.7 Å². The summed E-state index contributed by atoms with van der Waals surface area (Å²) in [6.07, 6.45) is 0. The molecule has 1 fully saturated rings. The maximum Gasteiger partial charge on any atom is 0.319 e. The molecule has 11 nitrogen and oxygen atoms in total. The Labute approximate surface area is 146 Å². The molecule has 0 atom stereocenters. The fraction of sp³-hybridized carbons (Fsp3) is 0.786. The second kappa shape index (κ2) is 10.9. The summed E-state index contributed by atoms with van der Waals surface area (Å²) >= 11 is 0. The highest BCUT2D eigenvalue weighted by Crippen LogP contribution is 2.01. The van der Waals surface area contributed by atoms with E-state index in [9.17, 15) is 14.4 Å². The molecule has 0 spiro atoms. The van der Waals surface area contributed by atoms with Gasteiger partial charge in [0.2, 0.25) is 0 Å². The Morgan fingerprint density at radius 3 is 1.52 bits per heavy atom. The van der Waals surface area contributed by atoms with Crippen LogP contribution in [0.4, 0.5) is 0 Å². The van der Waals surface area contributed by atoms with Gasteiger partial charge in [0, 0.05) is 52.4 Å². The van der Waals surface area contributed by atoms with E-state index in [-0.39, 0.29) is 19.6 Å². The summed E-state index contributed by atoms with van der Waals surface area (Å²) in [5, 5.41) is 27.9. The second-order valence-corrected chi connectivity index (χ2v) is 6.05. The molecule has 5 N–H and O–H groups in total. The maximum absolute atomic E-state index is 11.0. The number of nitrogens with zero attached hydrogens (tertiary/aromatic N) is 4. The first-order chi connectivity index (χ1) is 11.8. The fourth-order valence-electron chi connectivity index (χ4n) is 2.63. The number of hydrazine groups is 1. The molecule has 1 aliphatic rings. The summed E-state index contributed by atoms with van der Waals surface area (Å²) < 4.78 is 0. The van der Waals surface area contributed by atoms with Crippen LogP contribution in [0.5, 0.6) is 0 Å². The van der Waals surface area contributed by atoms with Gasteiger partial charge in [-0.05, 0) is 0 Å². The molecule has 0 amide bonds. The zero-order valence-corrected chi connectivity index (χ0v) is 14.2. The monoisotopic (exact) mass is 361 g/mol. The average Bonchev–Trinajstić information content (AvgIpc) is 2.56. The van der Waals surface area contributed by atoms with Crippen LogP contribution in [-0.2, 0) is 14.4 Å². The van der Waals surface area contributed by atoms with Crippen LogP contribution in [0.1, 0.15) is 0 Å². The lowest BCUT2D eigenvalue weighted by Gasteiger charge is -2.26. The molecular weight excluding hydrogens is 334 g/mol. The quantitative estimate of drug-likeness (QED) is 0.251. The van der Waals surface area contributed by atoms with Gasteiger partial charge in [-0.3, -0.25) is 34.9 Å². The molecule has 1 aliphatic heterocycles. The highest BCUT2D eigenvalue weighted by molar-refractivity contribution is 5.69. The zero-order valence-electron chi connectivity index (χ0n) is 14.2. The third kappa shape index (κ3) is 9.94. The first-order valence-corrected chi connectivity index (χ1v) is 8.08. The van der Waals surface area contributed by atoms with Crippen LogP contribution in [0.3, 0.4) is 0 Å². The van der Waals surface area contributed by atoms with E-state index in [1.54, 1.807) is 9.80 Å². The Morgan fingerprint density at radius 2 is 1.16 bits per heavy atom. The molecule has 11 heteroatoms. The van der Waals surface area contributed by atoms with E-state index in [0.29, 0.717) is 52.4 Å². The molecular formula is C14H27N5O6. The van der Waals surface area contributed by atoms with Gasteiger partial charge in [0.05, 0.1) is 13.1 Å². The number of carboxylic acid groups (broad SMARTS) is 3. The molecule has 0 radical (unpaired) electrons. The molecule has 0 aliphatic carbocycles. The van der Waals surface area contributed by atoms with E-state index in [2.05, 4.69) is 0 Å². The van der Waals surface area contributed by atoms with Crippen LogP contribution < -0.4 is 5.84 Å². The first kappa shape index (κ1) is 21.3. The molecule has 25 heavy (non-hydrogen) atoms. The van der Waals surface area contributed by atoms with Gasteiger partial charge >= 0.3 is 17.9 Å². The van der Waals surface area contributed by atoms with Crippen molar-refractivity contribution in [3.8, 4) is 0 Å². The topological polar surface area (TPSA) is 151 Å². The summed E-state index contributed by atoms with van der Waals surface area (Å²) in [5.41, 5.74) is 0. The predicted molar refractivity (Wildman–Crippen MR) is 88.0 cm³/mol. The van der Waals surface area contributed by atoms with Crippen molar-refractivity contribution >= 4 is 17.9 Å². The van der Waals surface area contributed by atoms with Crippen LogP contribution in [0.25, 0.3) is 0 Å². The van der Waals surface area contributed by atoms with Gasteiger partial charge in [0.25, 0.3) is 0 Å². The van der Waals surface area contributed by atoms with E-state index in [1.807, 2.05) is 4.90 Å². The molecule has 144 valence electrons. The molecule has 1 saturated heterocycles. The molecule has 0 unspecified atom stereocenters. The Balaban J connectivity index is 2.62. The lowest BCUT2D eigenvalue weighted by Crippen LogP contribution is -2.45. The highest BCUT2D eigenvalue weighted by atomic mass is 16.4. The van der Waals surface area contributed by atoms with E-state index in [4.69, 9.17) is 21.2 Å². The molecule has 1 rings (SSSR count). The zero-order chi connectivity index (χ0) is 18.8. The summed E-state index contributed by atoms with van der Waals surface area (Å²) in [6.45, 7) is 3.66. The summed E-state index contributed by atoms with van der Waals surface area (Å²) in [6, 6.07) is 0. The highest BCUT2D eigenvalue weighted by Gasteiger charge is 2.19. The van der Waals surface area contributed by atoms with E-state index >= 15 is 0 Å². The molecule has 0 aromatic rings. The summed E-state index contributed by atoms with van der Waals surface area (Å²) in [4.78, 5) is 38.2. The molecule has 0 aromatic carbocycles. The Kier molecular flexibility index (Phi) is 9.31. The van der Waals surface area contributed by atoms with Gasteiger partial charge in [0.1, 0.15) is 6.54 Å². The van der Waals surface area contributed by atoms with Crippen LogP contribution in [0, 0.1) is 0 Å². The number of hydrogen-bond donors (Lipinski definition) is 4. The lowest BCUT2D eigenvalue weighted by atomic mass is 10.4. The Hall–Kier alpha value is -1.79. The van der Waals surface area contributed by atoms with Gasteiger partial charge in [-0.25, -0.2) is 5.01 Å². The van der Waals surface area contributed by atoms with Gasteiger partial charge in [0.15, 0.2) is 0 Å². The minimum absolute atomic E-state index is 0.100. The molecule has 0 bridgehead atoms. The standard InChI is InChI=1S/C14H27N5O6/c15-19(11-14(24)25)8-7-16-1-3-17(9-12(20)21)5-6-18(4-2-16)10-13(22)23/h1-11,15H2,(H,20,21)(H,22,23)(H,24,25). The van der Waals surface area contributed by atoms with E-state index in [1.165, 1.54) is 5.01 Å². The van der Waals surface area contributed by atoms with Gasteiger partial charge in [-0.1, -0.05) is 0 Å². The fourth-order valence-corrected chi connectivity index (χ4v) is 2.63. The predicted octanol–water partition coefficient (Wildman–Crippen LogP) is -2.66. The number of carbonyl (C=O) groups is 3. The second-order valence-electron chi connectivity index (χ2n) is 6.05. The van der Waals surface area contributed by atoms with Crippen molar-refractivity contribution in [3.05, 3.63) is 0 Å². The number of rotatable bonds is 9. The van der Waals surface area contributed by atoms with Crippen molar-refractivity contribution in [2.45, 2.75) is 0 Å². The molecule has 0 aromatic heterocycles. The summed E-state index contributed by atoms with van der Waals surface area (Å²) in [7, 11) is 0. The van der Waals surface area contributed by atoms with Crippen molar-refractivity contribution in [1.82, 2.24) is 19.7 Å².